The highest BCUT2D eigenvalue weighted by atomic mass is 16.8. The highest BCUT2D eigenvalue weighted by Crippen LogP contribution is 2.33. The standard InChI is InChI=1S/C10H14O4/c1-7-3-2-6-10(13-7)8(11)4-5-9(12)14-10/h4-5,7,9,12H,2-3,6H2,1H3/t7-,9+,10+/m1/s1. The number of ether oxygens (including phenoxy) is 2. The van der Waals surface area contributed by atoms with Crippen LogP contribution in [0.5, 0.6) is 0 Å². The van der Waals surface area contributed by atoms with Crippen molar-refractivity contribution >= 4 is 5.78 Å². The van der Waals surface area contributed by atoms with Gasteiger partial charge >= 0.3 is 0 Å². The fourth-order valence-electron chi connectivity index (χ4n) is 1.92. The van der Waals surface area contributed by atoms with Gasteiger partial charge < -0.3 is 14.6 Å². The molecule has 0 aromatic heterocycles. The molecule has 2 heterocycles. The molecule has 1 saturated heterocycles. The van der Waals surface area contributed by atoms with Gasteiger partial charge in [0, 0.05) is 6.42 Å². The van der Waals surface area contributed by atoms with Crippen molar-refractivity contribution in [3.63, 3.8) is 0 Å². The molecular weight excluding hydrogens is 184 g/mol. The Labute approximate surface area is 82.5 Å². The Morgan fingerprint density at radius 1 is 1.57 bits per heavy atom. The Kier molecular flexibility index (Phi) is 2.43. The summed E-state index contributed by atoms with van der Waals surface area (Å²) in [5.74, 6) is -1.42. The van der Waals surface area contributed by atoms with Gasteiger partial charge in [0.05, 0.1) is 6.10 Å². The Morgan fingerprint density at radius 2 is 2.36 bits per heavy atom. The first-order valence-electron chi connectivity index (χ1n) is 4.89. The molecule has 0 saturated carbocycles. The van der Waals surface area contributed by atoms with Gasteiger partial charge in [0.15, 0.2) is 6.29 Å². The van der Waals surface area contributed by atoms with Crippen LogP contribution in [0.2, 0.25) is 0 Å². The van der Waals surface area contributed by atoms with Crippen molar-refractivity contribution in [1.82, 2.24) is 0 Å². The number of rotatable bonds is 0. The SMILES string of the molecule is C[C@@H]1CCC[C@@]2(O[C@H](O)C=CC2=O)O1. The summed E-state index contributed by atoms with van der Waals surface area (Å²) in [6.07, 6.45) is 3.98. The average molecular weight is 198 g/mol. The Balaban J connectivity index is 2.21. The first-order valence-corrected chi connectivity index (χ1v) is 4.89. The number of carbonyl (C=O) groups is 1. The molecule has 78 valence electrons. The third-order valence-corrected chi connectivity index (χ3v) is 2.61. The van der Waals surface area contributed by atoms with Gasteiger partial charge in [-0.1, -0.05) is 0 Å². The molecule has 2 aliphatic rings. The van der Waals surface area contributed by atoms with Crippen molar-refractivity contribution in [1.29, 1.82) is 0 Å². The van der Waals surface area contributed by atoms with E-state index >= 15 is 0 Å². The number of carbonyl (C=O) groups excluding carboxylic acids is 1. The topological polar surface area (TPSA) is 55.8 Å². The van der Waals surface area contributed by atoms with E-state index in [0.29, 0.717) is 6.42 Å². The molecule has 1 N–H and O–H groups in total. The van der Waals surface area contributed by atoms with E-state index in [2.05, 4.69) is 0 Å². The number of hydrogen-bond acceptors (Lipinski definition) is 4. The van der Waals surface area contributed by atoms with E-state index in [1.54, 1.807) is 0 Å². The lowest BCUT2D eigenvalue weighted by atomic mass is 9.96. The molecule has 0 amide bonds. The molecule has 0 aliphatic carbocycles. The summed E-state index contributed by atoms with van der Waals surface area (Å²) in [4.78, 5) is 11.6. The van der Waals surface area contributed by atoms with E-state index in [4.69, 9.17) is 9.47 Å². The maximum absolute atomic E-state index is 11.6. The van der Waals surface area contributed by atoms with Gasteiger partial charge in [-0.05, 0) is 31.9 Å². The van der Waals surface area contributed by atoms with Gasteiger partial charge in [0.1, 0.15) is 0 Å². The molecule has 14 heavy (non-hydrogen) atoms. The van der Waals surface area contributed by atoms with Crippen LogP contribution in [-0.4, -0.2) is 29.1 Å². The van der Waals surface area contributed by atoms with Crippen molar-refractivity contribution in [3.05, 3.63) is 12.2 Å². The summed E-state index contributed by atoms with van der Waals surface area (Å²) in [6.45, 7) is 1.91. The zero-order valence-electron chi connectivity index (χ0n) is 8.10. The summed E-state index contributed by atoms with van der Waals surface area (Å²) in [7, 11) is 0. The van der Waals surface area contributed by atoms with Crippen molar-refractivity contribution in [2.24, 2.45) is 0 Å². The quantitative estimate of drug-likeness (QED) is 0.624. The fourth-order valence-corrected chi connectivity index (χ4v) is 1.92. The number of aliphatic hydroxyl groups is 1. The van der Waals surface area contributed by atoms with Crippen molar-refractivity contribution in [2.45, 2.75) is 44.4 Å². The predicted molar refractivity (Wildman–Crippen MR) is 48.4 cm³/mol. The molecule has 2 aliphatic heterocycles. The van der Waals surface area contributed by atoms with E-state index in [1.165, 1.54) is 12.2 Å². The van der Waals surface area contributed by atoms with E-state index < -0.39 is 12.1 Å². The maximum Gasteiger partial charge on any atom is 0.235 e. The summed E-state index contributed by atoms with van der Waals surface area (Å²) < 4.78 is 10.7. The molecule has 2 rings (SSSR count). The van der Waals surface area contributed by atoms with Crippen LogP contribution in [0.25, 0.3) is 0 Å². The molecule has 3 atom stereocenters. The molecular formula is C10H14O4. The molecule has 0 bridgehead atoms. The minimum Gasteiger partial charge on any atom is -0.365 e. The monoisotopic (exact) mass is 198 g/mol. The summed E-state index contributed by atoms with van der Waals surface area (Å²) >= 11 is 0. The van der Waals surface area contributed by atoms with Crippen LogP contribution in [0.4, 0.5) is 0 Å². The number of aliphatic hydroxyl groups excluding tert-OH is 1. The Morgan fingerprint density at radius 3 is 3.07 bits per heavy atom. The predicted octanol–water partition coefficient (Wildman–Crippen LogP) is 0.746. The summed E-state index contributed by atoms with van der Waals surface area (Å²) in [5.41, 5.74) is 0. The fraction of sp³-hybridized carbons (Fsp3) is 0.700. The lowest BCUT2D eigenvalue weighted by molar-refractivity contribution is -0.299. The van der Waals surface area contributed by atoms with Crippen LogP contribution in [-0.2, 0) is 14.3 Å². The Hall–Kier alpha value is -0.710. The molecule has 1 spiro atoms. The van der Waals surface area contributed by atoms with Crippen LogP contribution in [0, 0.1) is 0 Å². The van der Waals surface area contributed by atoms with Crippen molar-refractivity contribution < 1.29 is 19.4 Å². The van der Waals surface area contributed by atoms with E-state index in [0.717, 1.165) is 12.8 Å². The molecule has 0 unspecified atom stereocenters. The lowest BCUT2D eigenvalue weighted by Gasteiger charge is -2.40. The molecule has 4 heteroatoms. The van der Waals surface area contributed by atoms with Crippen LogP contribution in [0.3, 0.4) is 0 Å². The minimum atomic E-state index is -1.22. The molecule has 4 nitrogen and oxygen atoms in total. The van der Waals surface area contributed by atoms with Gasteiger partial charge in [-0.15, -0.1) is 0 Å². The zero-order valence-corrected chi connectivity index (χ0v) is 8.10. The van der Waals surface area contributed by atoms with Crippen molar-refractivity contribution in [3.8, 4) is 0 Å². The molecule has 1 fully saturated rings. The Bertz CT molecular complexity index is 273. The van der Waals surface area contributed by atoms with Gasteiger partial charge in [-0.2, -0.15) is 0 Å². The largest absolute Gasteiger partial charge is 0.365 e. The van der Waals surface area contributed by atoms with Crippen molar-refractivity contribution in [2.75, 3.05) is 0 Å². The van der Waals surface area contributed by atoms with E-state index in [-0.39, 0.29) is 11.9 Å². The smallest absolute Gasteiger partial charge is 0.235 e. The average Bonchev–Trinajstić information content (AvgIpc) is 2.12. The molecule has 0 aromatic rings. The number of hydrogen-bond donors (Lipinski definition) is 1. The van der Waals surface area contributed by atoms with Crippen LogP contribution < -0.4 is 0 Å². The van der Waals surface area contributed by atoms with E-state index in [1.807, 2.05) is 6.92 Å². The first-order chi connectivity index (χ1) is 6.62. The minimum absolute atomic E-state index is 0.00593. The van der Waals surface area contributed by atoms with Gasteiger partial charge in [-0.25, -0.2) is 0 Å². The summed E-state index contributed by atoms with van der Waals surface area (Å²) in [5, 5.41) is 9.29. The highest BCUT2D eigenvalue weighted by molar-refractivity contribution is 5.96. The second kappa shape index (κ2) is 3.46. The third-order valence-electron chi connectivity index (χ3n) is 2.61. The lowest BCUT2D eigenvalue weighted by Crippen LogP contribution is -2.52. The normalized spacial score (nSPS) is 43.1. The second-order valence-electron chi connectivity index (χ2n) is 3.81. The van der Waals surface area contributed by atoms with Crippen LogP contribution >= 0.6 is 0 Å². The van der Waals surface area contributed by atoms with Crippen LogP contribution in [0.15, 0.2) is 12.2 Å². The van der Waals surface area contributed by atoms with E-state index in [9.17, 15) is 9.90 Å². The van der Waals surface area contributed by atoms with Gasteiger partial charge in [0.25, 0.3) is 0 Å². The first kappa shape index (κ1) is 9.83. The highest BCUT2D eigenvalue weighted by Gasteiger charge is 2.46. The molecule has 0 radical (unpaired) electrons. The third kappa shape index (κ3) is 1.61. The number of ketones is 1. The second-order valence-corrected chi connectivity index (χ2v) is 3.81. The summed E-state index contributed by atoms with van der Waals surface area (Å²) in [6, 6.07) is 0. The maximum atomic E-state index is 11.6. The van der Waals surface area contributed by atoms with Crippen LogP contribution in [0.1, 0.15) is 26.2 Å². The van der Waals surface area contributed by atoms with Gasteiger partial charge in [0.2, 0.25) is 11.6 Å². The zero-order chi connectivity index (χ0) is 10.2. The molecule has 0 aromatic carbocycles. The van der Waals surface area contributed by atoms with Gasteiger partial charge in [-0.3, -0.25) is 4.79 Å².